The van der Waals surface area contributed by atoms with Crippen LogP contribution in [0.1, 0.15) is 31.4 Å². The smallest absolute Gasteiger partial charge is 0.407 e. The molecule has 1 atom stereocenters. The van der Waals surface area contributed by atoms with Crippen LogP contribution in [0.3, 0.4) is 0 Å². The predicted molar refractivity (Wildman–Crippen MR) is 159 cm³/mol. The molecule has 0 bridgehead atoms. The van der Waals surface area contributed by atoms with Crippen molar-refractivity contribution < 1.29 is 23.1 Å². The molecule has 1 amide bonds. The Morgan fingerprint density at radius 1 is 1.07 bits per heavy atom. The number of rotatable bonds is 12. The van der Waals surface area contributed by atoms with Crippen LogP contribution in [0, 0.1) is 5.92 Å². The number of nitrogens with one attached hydrogen (secondary N) is 1. The molecule has 0 aliphatic heterocycles. The number of sulfonamides is 1. The van der Waals surface area contributed by atoms with Crippen LogP contribution < -0.4 is 15.4 Å². The van der Waals surface area contributed by atoms with Crippen LogP contribution >= 0.6 is 11.3 Å². The molecule has 0 saturated heterocycles. The lowest BCUT2D eigenvalue weighted by Gasteiger charge is -2.27. The minimum Gasteiger partial charge on any atom is -0.445 e. The van der Waals surface area contributed by atoms with Crippen LogP contribution in [0.4, 0.5) is 15.6 Å². The SMILES string of the molecule is CC(C)CN(c1cccc(CCC(O)CNC(=O)OCc2ccccc2)c1)S(=O)(=O)c1ccc2nc(N)sc2c1. The van der Waals surface area contributed by atoms with Crippen LogP contribution in [-0.4, -0.2) is 43.8 Å². The maximum atomic E-state index is 13.8. The summed E-state index contributed by atoms with van der Waals surface area (Å²) in [5, 5.41) is 13.4. The number of aromatic nitrogens is 1. The van der Waals surface area contributed by atoms with Gasteiger partial charge in [0.15, 0.2) is 5.13 Å². The number of anilines is 2. The Morgan fingerprint density at radius 2 is 1.82 bits per heavy atom. The number of hydrogen-bond donors (Lipinski definition) is 3. The highest BCUT2D eigenvalue weighted by atomic mass is 32.2. The first-order valence-electron chi connectivity index (χ1n) is 13.0. The minimum absolute atomic E-state index is 0.0474. The highest BCUT2D eigenvalue weighted by Crippen LogP contribution is 2.30. The zero-order valence-electron chi connectivity index (χ0n) is 22.5. The lowest BCUT2D eigenvalue weighted by atomic mass is 10.1. The summed E-state index contributed by atoms with van der Waals surface area (Å²) in [4.78, 5) is 16.4. The molecule has 3 aromatic carbocycles. The van der Waals surface area contributed by atoms with Gasteiger partial charge in [-0.15, -0.1) is 0 Å². The van der Waals surface area contributed by atoms with E-state index in [2.05, 4.69) is 10.3 Å². The summed E-state index contributed by atoms with van der Waals surface area (Å²) < 4.78 is 34.9. The first-order valence-corrected chi connectivity index (χ1v) is 15.3. The summed E-state index contributed by atoms with van der Waals surface area (Å²) in [7, 11) is -3.86. The van der Waals surface area contributed by atoms with Crippen molar-refractivity contribution in [2.75, 3.05) is 23.1 Å². The fourth-order valence-corrected chi connectivity index (χ4v) is 6.66. The van der Waals surface area contributed by atoms with Crippen molar-refractivity contribution in [2.45, 2.75) is 44.3 Å². The minimum atomic E-state index is -3.86. The molecule has 0 spiro atoms. The average molecular weight is 583 g/mol. The van der Waals surface area contributed by atoms with Crippen LogP contribution in [0.25, 0.3) is 10.2 Å². The van der Waals surface area contributed by atoms with Crippen LogP contribution in [0.5, 0.6) is 0 Å². The maximum absolute atomic E-state index is 13.8. The molecule has 4 rings (SSSR count). The fourth-order valence-electron chi connectivity index (χ4n) is 4.16. The second kappa shape index (κ2) is 13.1. The first-order chi connectivity index (χ1) is 19.1. The molecule has 0 aliphatic carbocycles. The molecule has 40 heavy (non-hydrogen) atoms. The molecule has 1 heterocycles. The van der Waals surface area contributed by atoms with Crippen molar-refractivity contribution in [1.82, 2.24) is 10.3 Å². The summed E-state index contributed by atoms with van der Waals surface area (Å²) in [5.74, 6) is 0.0794. The molecule has 4 aromatic rings. The van der Waals surface area contributed by atoms with Crippen molar-refractivity contribution in [3.8, 4) is 0 Å². The number of hydrogen-bond acceptors (Lipinski definition) is 8. The van der Waals surface area contributed by atoms with Crippen molar-refractivity contribution >= 4 is 48.5 Å². The molecule has 0 radical (unpaired) electrons. The number of fused-ring (bicyclic) bond motifs is 1. The number of carbonyl (C=O) groups excluding carboxylic acids is 1. The van der Waals surface area contributed by atoms with E-state index in [0.29, 0.717) is 40.4 Å². The van der Waals surface area contributed by atoms with Gasteiger partial charge in [0.05, 0.1) is 26.9 Å². The third-order valence-corrected chi connectivity index (χ3v) is 8.79. The number of aliphatic hydroxyl groups is 1. The van der Waals surface area contributed by atoms with Crippen molar-refractivity contribution in [3.05, 3.63) is 83.9 Å². The average Bonchev–Trinajstić information content (AvgIpc) is 3.32. The Labute approximate surface area is 238 Å². The fraction of sp³-hybridized carbons (Fsp3) is 0.310. The van der Waals surface area contributed by atoms with Crippen molar-refractivity contribution in [2.24, 2.45) is 5.92 Å². The first kappa shape index (κ1) is 29.3. The van der Waals surface area contributed by atoms with Gasteiger partial charge in [-0.2, -0.15) is 0 Å². The van der Waals surface area contributed by atoms with E-state index >= 15 is 0 Å². The number of aliphatic hydroxyl groups excluding tert-OH is 1. The molecular formula is C29H34N4O5S2. The standard InChI is InChI=1S/C29H34N4O5S2/c1-20(2)18-33(40(36,37)25-13-14-26-27(16-25)39-28(30)32-26)23-10-6-9-21(15-23)11-12-24(34)17-31-29(35)38-19-22-7-4-3-5-8-22/h3-10,13-16,20,24,34H,11-12,17-19H2,1-2H3,(H2,30,32)(H,31,35). The molecule has 4 N–H and O–H groups in total. The number of nitrogens with zero attached hydrogens (tertiary/aromatic N) is 2. The summed E-state index contributed by atoms with van der Waals surface area (Å²) in [6.07, 6.45) is -0.513. The molecule has 9 nitrogen and oxygen atoms in total. The van der Waals surface area contributed by atoms with Crippen molar-refractivity contribution in [1.29, 1.82) is 0 Å². The maximum Gasteiger partial charge on any atom is 0.407 e. The summed E-state index contributed by atoms with van der Waals surface area (Å²) in [5.41, 5.74) is 8.76. The number of amides is 1. The zero-order valence-corrected chi connectivity index (χ0v) is 24.1. The van der Waals surface area contributed by atoms with Gasteiger partial charge in [-0.05, 0) is 60.2 Å². The molecule has 1 unspecified atom stereocenters. The summed E-state index contributed by atoms with van der Waals surface area (Å²) in [6, 6.07) is 21.5. The van der Waals surface area contributed by atoms with E-state index in [4.69, 9.17) is 10.5 Å². The van der Waals surface area contributed by atoms with Gasteiger partial charge in [0.1, 0.15) is 6.61 Å². The van der Waals surface area contributed by atoms with Gasteiger partial charge < -0.3 is 20.9 Å². The molecule has 0 fully saturated rings. The van der Waals surface area contributed by atoms with Crippen molar-refractivity contribution in [3.63, 3.8) is 0 Å². The predicted octanol–water partition coefficient (Wildman–Crippen LogP) is 4.95. The molecule has 212 valence electrons. The van der Waals surface area contributed by atoms with E-state index < -0.39 is 22.2 Å². The Hall–Kier alpha value is -3.67. The number of thiazole rings is 1. The van der Waals surface area contributed by atoms with E-state index in [1.54, 1.807) is 24.3 Å². The summed E-state index contributed by atoms with van der Waals surface area (Å²) in [6.45, 7) is 4.43. The van der Waals surface area contributed by atoms with E-state index in [0.717, 1.165) is 11.1 Å². The normalized spacial score (nSPS) is 12.4. The highest BCUT2D eigenvalue weighted by molar-refractivity contribution is 7.92. The zero-order chi connectivity index (χ0) is 28.7. The van der Waals surface area contributed by atoms with Gasteiger partial charge in [-0.25, -0.2) is 18.2 Å². The van der Waals surface area contributed by atoms with Crippen LogP contribution in [0.15, 0.2) is 77.7 Å². The van der Waals surface area contributed by atoms with Gasteiger partial charge in [-0.1, -0.05) is 67.6 Å². The monoisotopic (exact) mass is 582 g/mol. The third kappa shape index (κ3) is 7.71. The number of alkyl carbamates (subject to hydrolysis) is 1. The van der Waals surface area contributed by atoms with Gasteiger partial charge in [0.25, 0.3) is 10.0 Å². The lowest BCUT2D eigenvalue weighted by molar-refractivity contribution is 0.123. The van der Waals surface area contributed by atoms with Gasteiger partial charge in [-0.3, -0.25) is 4.31 Å². The summed E-state index contributed by atoms with van der Waals surface area (Å²) >= 11 is 1.25. The third-order valence-electron chi connectivity index (χ3n) is 6.15. The van der Waals surface area contributed by atoms with E-state index in [1.165, 1.54) is 15.6 Å². The van der Waals surface area contributed by atoms with E-state index in [1.807, 2.05) is 62.4 Å². The number of nitrogens with two attached hydrogens (primary N) is 1. The quantitative estimate of drug-likeness (QED) is 0.215. The molecular weight excluding hydrogens is 548 g/mol. The Morgan fingerprint density at radius 3 is 2.58 bits per heavy atom. The van der Waals surface area contributed by atoms with Crippen LogP contribution in [0.2, 0.25) is 0 Å². The molecule has 11 heteroatoms. The van der Waals surface area contributed by atoms with E-state index in [9.17, 15) is 18.3 Å². The second-order valence-corrected chi connectivity index (χ2v) is 12.8. The molecule has 0 saturated carbocycles. The Balaban J connectivity index is 1.39. The lowest BCUT2D eigenvalue weighted by Crippen LogP contribution is -2.34. The topological polar surface area (TPSA) is 135 Å². The van der Waals surface area contributed by atoms with Gasteiger partial charge >= 0.3 is 6.09 Å². The van der Waals surface area contributed by atoms with Crippen LogP contribution in [-0.2, 0) is 27.8 Å². The Kier molecular flexibility index (Phi) is 9.62. The number of carbonyl (C=O) groups is 1. The largest absolute Gasteiger partial charge is 0.445 e. The van der Waals surface area contributed by atoms with Gasteiger partial charge in [0, 0.05) is 13.1 Å². The number of ether oxygens (including phenoxy) is 1. The van der Waals surface area contributed by atoms with Gasteiger partial charge in [0.2, 0.25) is 0 Å². The highest BCUT2D eigenvalue weighted by Gasteiger charge is 2.26. The van der Waals surface area contributed by atoms with E-state index in [-0.39, 0.29) is 24.0 Å². The molecule has 1 aromatic heterocycles. The number of nitrogen functional groups attached to an aromatic ring is 1. The second-order valence-electron chi connectivity index (χ2n) is 9.92. The number of benzene rings is 3. The number of aryl methyl sites for hydroxylation is 1. The molecule has 0 aliphatic rings. The Bertz CT molecular complexity index is 1540.